The molecule has 140 valence electrons. The number of likely N-dealkylation sites (tertiary alicyclic amines) is 1. The lowest BCUT2D eigenvalue weighted by Gasteiger charge is -2.26. The van der Waals surface area contributed by atoms with E-state index in [9.17, 15) is 9.50 Å². The van der Waals surface area contributed by atoms with Gasteiger partial charge in [-0.1, -0.05) is 6.08 Å². The summed E-state index contributed by atoms with van der Waals surface area (Å²) in [5.74, 6) is 0.959. The zero-order valence-electron chi connectivity index (χ0n) is 14.6. The molecule has 0 radical (unpaired) electrons. The number of hydrogen-bond donors (Lipinski definition) is 2. The van der Waals surface area contributed by atoms with Gasteiger partial charge in [-0.3, -0.25) is 4.57 Å². The van der Waals surface area contributed by atoms with E-state index in [1.54, 1.807) is 22.9 Å². The van der Waals surface area contributed by atoms with Gasteiger partial charge >= 0.3 is 0 Å². The van der Waals surface area contributed by atoms with Crippen LogP contribution in [0.25, 0.3) is 0 Å². The Hall–Kier alpha value is -2.03. The molecule has 2 atom stereocenters. The highest BCUT2D eigenvalue weighted by atomic mass is 32.1. The fraction of sp³-hybridized carbons (Fsp3) is 0.444. The second kappa shape index (κ2) is 8.57. The summed E-state index contributed by atoms with van der Waals surface area (Å²) in [5, 5.41) is 14.5. The summed E-state index contributed by atoms with van der Waals surface area (Å²) < 4.78 is 23.0. The summed E-state index contributed by atoms with van der Waals surface area (Å²) in [5.41, 5.74) is 0. The van der Waals surface area contributed by atoms with Gasteiger partial charge in [0.05, 0.1) is 6.54 Å². The molecule has 3 rings (SSSR count). The largest absolute Gasteiger partial charge is 0.486 e. The first-order valence-corrected chi connectivity index (χ1v) is 9.15. The number of nitrogens with zero attached hydrogens (tertiary/aromatic N) is 3. The molecule has 2 N–H and O–H groups in total. The standard InChI is InChI=1S/C18H23FN4O2S/c1-2-9-22-17(12-25-16-7-5-14(19)6-8-16)20-23(18(22)26)13-21-10-3-4-15(24)11-21/h2,5-8,15,24H,1,3-4,9-13H2/p+1/t15-/m0/s1. The van der Waals surface area contributed by atoms with Crippen LogP contribution >= 0.6 is 12.2 Å². The molecule has 0 bridgehead atoms. The van der Waals surface area contributed by atoms with E-state index in [-0.39, 0.29) is 18.5 Å². The third-order valence-corrected chi connectivity index (χ3v) is 4.89. The van der Waals surface area contributed by atoms with E-state index in [2.05, 4.69) is 11.7 Å². The molecule has 0 spiro atoms. The number of aliphatic hydroxyl groups excluding tert-OH is 1. The van der Waals surface area contributed by atoms with Crippen molar-refractivity contribution in [2.75, 3.05) is 13.1 Å². The summed E-state index contributed by atoms with van der Waals surface area (Å²) >= 11 is 5.56. The predicted octanol–water partition coefficient (Wildman–Crippen LogP) is 1.32. The van der Waals surface area contributed by atoms with Crippen molar-refractivity contribution < 1.29 is 19.1 Å². The molecule has 1 fully saturated rings. The molecule has 26 heavy (non-hydrogen) atoms. The Balaban J connectivity index is 1.74. The van der Waals surface area contributed by atoms with Crippen molar-refractivity contribution in [1.82, 2.24) is 14.3 Å². The minimum atomic E-state index is -0.303. The Morgan fingerprint density at radius 3 is 2.88 bits per heavy atom. The van der Waals surface area contributed by atoms with E-state index in [0.717, 1.165) is 19.4 Å². The number of halogens is 1. The molecular weight excluding hydrogens is 355 g/mol. The highest BCUT2D eigenvalue weighted by molar-refractivity contribution is 7.71. The van der Waals surface area contributed by atoms with Crippen molar-refractivity contribution in [3.63, 3.8) is 0 Å². The number of aliphatic hydroxyl groups is 1. The molecule has 0 saturated carbocycles. The van der Waals surface area contributed by atoms with Crippen LogP contribution in [0.15, 0.2) is 36.9 Å². The second-order valence-corrected chi connectivity index (χ2v) is 6.86. The monoisotopic (exact) mass is 379 g/mol. The van der Waals surface area contributed by atoms with E-state index in [1.807, 2.05) is 4.57 Å². The van der Waals surface area contributed by atoms with Crippen molar-refractivity contribution in [2.24, 2.45) is 0 Å². The molecule has 1 aliphatic heterocycles. The number of hydrogen-bond acceptors (Lipinski definition) is 4. The van der Waals surface area contributed by atoms with Crippen LogP contribution in [0.1, 0.15) is 18.7 Å². The second-order valence-electron chi connectivity index (χ2n) is 6.50. The van der Waals surface area contributed by atoms with Gasteiger partial charge in [0.2, 0.25) is 4.77 Å². The van der Waals surface area contributed by atoms with E-state index in [0.29, 0.717) is 36.1 Å². The molecule has 2 heterocycles. The number of ether oxygens (including phenoxy) is 1. The number of benzene rings is 1. The summed E-state index contributed by atoms with van der Waals surface area (Å²) in [6.07, 6.45) is 3.36. The van der Waals surface area contributed by atoms with Gasteiger partial charge in [-0.05, 0) is 49.3 Å². The number of quaternary nitrogens is 1. The van der Waals surface area contributed by atoms with Gasteiger partial charge in [-0.2, -0.15) is 4.68 Å². The molecule has 0 aliphatic carbocycles. The Kier molecular flexibility index (Phi) is 6.18. The molecule has 8 heteroatoms. The Bertz CT molecular complexity index is 803. The first kappa shape index (κ1) is 18.8. The highest BCUT2D eigenvalue weighted by Gasteiger charge is 2.22. The Morgan fingerprint density at radius 2 is 2.19 bits per heavy atom. The lowest BCUT2D eigenvalue weighted by Crippen LogP contribution is -3.13. The van der Waals surface area contributed by atoms with Crippen molar-refractivity contribution in [2.45, 2.75) is 38.8 Å². The van der Waals surface area contributed by atoms with Crippen LogP contribution in [0.3, 0.4) is 0 Å². The highest BCUT2D eigenvalue weighted by Crippen LogP contribution is 2.13. The lowest BCUT2D eigenvalue weighted by molar-refractivity contribution is -0.931. The third-order valence-electron chi connectivity index (χ3n) is 4.46. The van der Waals surface area contributed by atoms with Crippen LogP contribution in [-0.4, -0.2) is 38.6 Å². The minimum absolute atomic E-state index is 0.230. The number of rotatable bonds is 7. The molecule has 1 unspecified atom stereocenters. The first-order valence-electron chi connectivity index (χ1n) is 8.74. The smallest absolute Gasteiger partial charge is 0.203 e. The molecular formula is C18H24FN4O2S+. The predicted molar refractivity (Wildman–Crippen MR) is 97.9 cm³/mol. The summed E-state index contributed by atoms with van der Waals surface area (Å²) in [6.45, 7) is 6.86. The van der Waals surface area contributed by atoms with Crippen LogP contribution < -0.4 is 9.64 Å². The van der Waals surface area contributed by atoms with E-state index in [4.69, 9.17) is 17.0 Å². The zero-order valence-corrected chi connectivity index (χ0v) is 15.4. The minimum Gasteiger partial charge on any atom is -0.486 e. The van der Waals surface area contributed by atoms with Crippen LogP contribution in [0, 0.1) is 10.6 Å². The first-order chi connectivity index (χ1) is 12.6. The zero-order chi connectivity index (χ0) is 18.5. The van der Waals surface area contributed by atoms with Gasteiger partial charge in [0.25, 0.3) is 0 Å². The van der Waals surface area contributed by atoms with Gasteiger partial charge in [-0.25, -0.2) is 4.39 Å². The molecule has 6 nitrogen and oxygen atoms in total. The van der Waals surface area contributed by atoms with Gasteiger partial charge in [0.15, 0.2) is 12.5 Å². The van der Waals surface area contributed by atoms with E-state index < -0.39 is 0 Å². The quantitative estimate of drug-likeness (QED) is 0.563. The van der Waals surface area contributed by atoms with Crippen LogP contribution in [-0.2, 0) is 19.8 Å². The Labute approximate surface area is 157 Å². The average molecular weight is 379 g/mol. The SMILES string of the molecule is C=CCn1c(COc2ccc(F)cc2)nn(C[NH+]2CCC[C@H](O)C2)c1=S. The maximum absolute atomic E-state index is 13.0. The fourth-order valence-electron chi connectivity index (χ4n) is 3.17. The maximum Gasteiger partial charge on any atom is 0.203 e. The van der Waals surface area contributed by atoms with Gasteiger partial charge in [0, 0.05) is 6.54 Å². The summed E-state index contributed by atoms with van der Waals surface area (Å²) in [7, 11) is 0. The fourth-order valence-corrected chi connectivity index (χ4v) is 3.45. The third kappa shape index (κ3) is 4.57. The van der Waals surface area contributed by atoms with Crippen LogP contribution in [0.2, 0.25) is 0 Å². The summed E-state index contributed by atoms with van der Waals surface area (Å²) in [4.78, 5) is 1.26. The topological polar surface area (TPSA) is 56.7 Å². The normalized spacial score (nSPS) is 20.1. The number of allylic oxidation sites excluding steroid dienone is 1. The molecule has 1 aromatic carbocycles. The number of nitrogens with one attached hydrogen (secondary N) is 1. The number of aromatic nitrogens is 3. The molecule has 1 aromatic heterocycles. The van der Waals surface area contributed by atoms with E-state index in [1.165, 1.54) is 17.0 Å². The van der Waals surface area contributed by atoms with Crippen molar-refractivity contribution in [3.8, 4) is 5.75 Å². The van der Waals surface area contributed by atoms with Crippen molar-refractivity contribution in [1.29, 1.82) is 0 Å². The van der Waals surface area contributed by atoms with Gasteiger partial charge < -0.3 is 14.7 Å². The molecule has 1 saturated heterocycles. The maximum atomic E-state index is 13.0. The van der Waals surface area contributed by atoms with Gasteiger partial charge in [0.1, 0.15) is 30.8 Å². The number of piperidine rings is 1. The van der Waals surface area contributed by atoms with Gasteiger partial charge in [-0.15, -0.1) is 11.7 Å². The van der Waals surface area contributed by atoms with E-state index >= 15 is 0 Å². The van der Waals surface area contributed by atoms with Crippen LogP contribution in [0.5, 0.6) is 5.75 Å². The molecule has 2 aromatic rings. The lowest BCUT2D eigenvalue weighted by atomic mass is 10.1. The molecule has 0 amide bonds. The Morgan fingerprint density at radius 1 is 1.42 bits per heavy atom. The van der Waals surface area contributed by atoms with Crippen molar-refractivity contribution in [3.05, 3.63) is 53.3 Å². The molecule has 1 aliphatic rings. The average Bonchev–Trinajstić information content (AvgIpc) is 2.91. The van der Waals surface area contributed by atoms with Crippen LogP contribution in [0.4, 0.5) is 4.39 Å². The summed E-state index contributed by atoms with van der Waals surface area (Å²) in [6, 6.07) is 5.88. The van der Waals surface area contributed by atoms with Crippen molar-refractivity contribution >= 4 is 12.2 Å².